The normalized spacial score (nSPS) is 12.2. The highest BCUT2D eigenvalue weighted by molar-refractivity contribution is 6.29. The van der Waals surface area contributed by atoms with E-state index in [-0.39, 0.29) is 0 Å². The quantitative estimate of drug-likeness (QED) is 0.182. The van der Waals surface area contributed by atoms with Crippen LogP contribution in [0.1, 0.15) is 0 Å². The number of aromatic nitrogens is 5. The second-order valence-electron chi connectivity index (χ2n) is 14.7. The molecule has 0 unspecified atom stereocenters. The molecule has 0 saturated carbocycles. The molecule has 5 heterocycles. The van der Waals surface area contributed by atoms with Crippen molar-refractivity contribution in [2.75, 3.05) is 0 Å². The van der Waals surface area contributed by atoms with Crippen molar-refractivity contribution in [3.8, 4) is 34.2 Å². The number of nitrogens with zero attached hydrogens (tertiary/aromatic N) is 5. The largest absolute Gasteiger partial charge is 0.455 e. The van der Waals surface area contributed by atoms with Gasteiger partial charge in [-0.1, -0.05) is 133 Å². The molecule has 0 amide bonds. The topological polar surface area (TPSA) is 60.6 Å². The minimum Gasteiger partial charge on any atom is -0.455 e. The molecule has 13 aromatic rings. The number of rotatable bonds is 3. The predicted octanol–water partition coefficient (Wildman–Crippen LogP) is 13.0. The van der Waals surface area contributed by atoms with Crippen molar-refractivity contribution in [1.29, 1.82) is 0 Å². The standard InChI is InChI=1S/C51H29N5O/c1-3-14-30(15-4-1)49-52-50(31-16-5-2-6-17-31)54-51(53-49)38-27-29-42-47-44(38)36-20-8-11-24-40(36)55(47)41-28-26-35-33-19-9-12-25-43(33)57-48(35)45(41)37-22-13-21-34-32-18-7-10-23-39(32)56(42)46(34)37/h1-29H. The lowest BCUT2D eigenvalue weighted by molar-refractivity contribution is 0.673. The molecule has 13 rings (SSSR count). The van der Waals surface area contributed by atoms with Gasteiger partial charge in [-0.3, -0.25) is 0 Å². The summed E-state index contributed by atoms with van der Waals surface area (Å²) in [4.78, 5) is 15.5. The van der Waals surface area contributed by atoms with E-state index in [4.69, 9.17) is 19.4 Å². The van der Waals surface area contributed by atoms with E-state index in [1.54, 1.807) is 0 Å². The molecule has 0 bridgehead atoms. The van der Waals surface area contributed by atoms with Gasteiger partial charge in [0.2, 0.25) is 0 Å². The fourth-order valence-corrected chi connectivity index (χ4v) is 9.32. The second kappa shape index (κ2) is 11.4. The molecule has 264 valence electrons. The molecule has 0 saturated heterocycles. The highest BCUT2D eigenvalue weighted by Gasteiger charge is 2.24. The highest BCUT2D eigenvalue weighted by Crippen LogP contribution is 2.45. The van der Waals surface area contributed by atoms with E-state index in [2.05, 4.69) is 142 Å². The minimum absolute atomic E-state index is 0.620. The Morgan fingerprint density at radius 2 is 0.895 bits per heavy atom. The van der Waals surface area contributed by atoms with Crippen molar-refractivity contribution >= 4 is 87.4 Å². The number of hydrogen-bond donors (Lipinski definition) is 0. The third-order valence-corrected chi connectivity index (χ3v) is 11.7. The summed E-state index contributed by atoms with van der Waals surface area (Å²) in [5.74, 6) is 1.88. The zero-order chi connectivity index (χ0) is 37.2. The lowest BCUT2D eigenvalue weighted by Gasteiger charge is -2.13. The van der Waals surface area contributed by atoms with E-state index >= 15 is 0 Å². The molecule has 0 atom stereocenters. The van der Waals surface area contributed by atoms with Gasteiger partial charge >= 0.3 is 0 Å². The Morgan fingerprint density at radius 3 is 1.65 bits per heavy atom. The molecule has 0 aliphatic heterocycles. The zero-order valence-corrected chi connectivity index (χ0v) is 30.4. The van der Waals surface area contributed by atoms with Crippen molar-refractivity contribution in [2.24, 2.45) is 0 Å². The SMILES string of the molecule is c1ccc(-c2nc(-c3ccccc3)nc(-c3ccc4c5c3c3ccccc3n5c3ccc5c6ccccc6oc5c3c3cccc5c6ccccc6n4c53)n2)cc1. The van der Waals surface area contributed by atoms with E-state index in [9.17, 15) is 0 Å². The summed E-state index contributed by atoms with van der Waals surface area (Å²) in [5, 5.41) is 8.98. The van der Waals surface area contributed by atoms with Gasteiger partial charge in [0.1, 0.15) is 11.2 Å². The van der Waals surface area contributed by atoms with Gasteiger partial charge in [-0.15, -0.1) is 0 Å². The van der Waals surface area contributed by atoms with E-state index in [0.717, 1.165) is 93.3 Å². The number of para-hydroxylation sites is 4. The van der Waals surface area contributed by atoms with Gasteiger partial charge < -0.3 is 13.2 Å². The van der Waals surface area contributed by atoms with Crippen LogP contribution in [0.25, 0.3) is 122 Å². The summed E-state index contributed by atoms with van der Waals surface area (Å²) in [6.45, 7) is 0. The van der Waals surface area contributed by atoms with Crippen LogP contribution >= 0.6 is 0 Å². The molecule has 5 aromatic heterocycles. The number of fused-ring (bicyclic) bond motifs is 14. The highest BCUT2D eigenvalue weighted by atomic mass is 16.3. The van der Waals surface area contributed by atoms with Crippen molar-refractivity contribution in [1.82, 2.24) is 23.8 Å². The van der Waals surface area contributed by atoms with Crippen LogP contribution in [0.5, 0.6) is 0 Å². The van der Waals surface area contributed by atoms with Crippen LogP contribution in [0.2, 0.25) is 0 Å². The van der Waals surface area contributed by atoms with Gasteiger partial charge in [0.25, 0.3) is 0 Å². The maximum atomic E-state index is 6.89. The third kappa shape index (κ3) is 4.16. The van der Waals surface area contributed by atoms with Crippen LogP contribution in [-0.2, 0) is 0 Å². The number of furan rings is 1. The minimum atomic E-state index is 0.620. The zero-order valence-electron chi connectivity index (χ0n) is 30.4. The smallest absolute Gasteiger partial charge is 0.164 e. The fourth-order valence-electron chi connectivity index (χ4n) is 9.32. The van der Waals surface area contributed by atoms with Gasteiger partial charge in [0.05, 0.1) is 38.5 Å². The monoisotopic (exact) mass is 727 g/mol. The van der Waals surface area contributed by atoms with Crippen molar-refractivity contribution in [3.05, 3.63) is 176 Å². The molecule has 0 spiro atoms. The Bertz CT molecular complexity index is 3750. The summed E-state index contributed by atoms with van der Waals surface area (Å²) in [7, 11) is 0. The average Bonchev–Trinajstić information content (AvgIpc) is 3.94. The van der Waals surface area contributed by atoms with Gasteiger partial charge in [-0.2, -0.15) is 0 Å². The number of benzene rings is 8. The van der Waals surface area contributed by atoms with Crippen molar-refractivity contribution in [2.45, 2.75) is 0 Å². The van der Waals surface area contributed by atoms with Crippen LogP contribution in [0.15, 0.2) is 180 Å². The molecule has 0 fully saturated rings. The van der Waals surface area contributed by atoms with Gasteiger partial charge in [0.15, 0.2) is 17.5 Å². The Balaban J connectivity index is 1.29. The van der Waals surface area contributed by atoms with Crippen molar-refractivity contribution in [3.63, 3.8) is 0 Å². The lowest BCUT2D eigenvalue weighted by Crippen LogP contribution is -2.01. The first-order valence-electron chi connectivity index (χ1n) is 19.2. The Labute approximate surface area is 324 Å². The Morgan fingerprint density at radius 1 is 0.333 bits per heavy atom. The van der Waals surface area contributed by atoms with Gasteiger partial charge in [-0.25, -0.2) is 15.0 Å². The van der Waals surface area contributed by atoms with E-state index in [1.807, 2.05) is 42.5 Å². The summed E-state index contributed by atoms with van der Waals surface area (Å²) in [5.41, 5.74) is 11.2. The summed E-state index contributed by atoms with van der Waals surface area (Å²) in [6.07, 6.45) is 0. The molecule has 0 radical (unpaired) electrons. The molecule has 6 nitrogen and oxygen atoms in total. The first kappa shape index (κ1) is 30.5. The van der Waals surface area contributed by atoms with Crippen LogP contribution in [0.4, 0.5) is 0 Å². The van der Waals surface area contributed by atoms with E-state index < -0.39 is 0 Å². The lowest BCUT2D eigenvalue weighted by atomic mass is 10.0. The molecular formula is C51H29N5O. The van der Waals surface area contributed by atoms with Crippen LogP contribution in [0.3, 0.4) is 0 Å². The molecular weight excluding hydrogens is 699 g/mol. The first-order valence-corrected chi connectivity index (χ1v) is 19.2. The maximum absolute atomic E-state index is 6.89. The summed E-state index contributed by atoms with van der Waals surface area (Å²) >= 11 is 0. The molecule has 6 heteroatoms. The maximum Gasteiger partial charge on any atom is 0.164 e. The van der Waals surface area contributed by atoms with Crippen molar-refractivity contribution < 1.29 is 4.42 Å². The van der Waals surface area contributed by atoms with Gasteiger partial charge in [-0.05, 0) is 42.5 Å². The predicted molar refractivity (Wildman–Crippen MR) is 233 cm³/mol. The van der Waals surface area contributed by atoms with E-state index in [1.165, 1.54) is 10.8 Å². The first-order chi connectivity index (χ1) is 28.3. The molecule has 57 heavy (non-hydrogen) atoms. The number of hydrogen-bond acceptors (Lipinski definition) is 4. The fraction of sp³-hybridized carbons (Fsp3) is 0. The molecule has 0 aliphatic carbocycles. The molecule has 0 aliphatic rings. The van der Waals surface area contributed by atoms with Crippen LogP contribution < -0.4 is 0 Å². The van der Waals surface area contributed by atoms with Gasteiger partial charge in [0, 0.05) is 54.4 Å². The van der Waals surface area contributed by atoms with Crippen LogP contribution in [-0.4, -0.2) is 23.8 Å². The second-order valence-corrected chi connectivity index (χ2v) is 14.7. The molecule has 0 N–H and O–H groups in total. The Kier molecular flexibility index (Phi) is 6.07. The summed E-state index contributed by atoms with van der Waals surface area (Å²) < 4.78 is 11.8. The van der Waals surface area contributed by atoms with E-state index in [0.29, 0.717) is 17.5 Å². The summed E-state index contributed by atoms with van der Waals surface area (Å²) in [6, 6.07) is 61.8. The molecule has 8 aromatic carbocycles. The Hall–Kier alpha value is -7.83. The third-order valence-electron chi connectivity index (χ3n) is 11.7. The van der Waals surface area contributed by atoms with Crippen LogP contribution in [0, 0.1) is 0 Å². The average molecular weight is 728 g/mol.